The Bertz CT molecular complexity index is 2530. The first-order valence-electron chi connectivity index (χ1n) is 20.2. The van der Waals surface area contributed by atoms with Gasteiger partial charge in [0, 0.05) is 28.1 Å². The maximum atomic E-state index is 7.44. The molecule has 4 aliphatic rings. The van der Waals surface area contributed by atoms with Gasteiger partial charge in [0.1, 0.15) is 5.58 Å². The van der Waals surface area contributed by atoms with Gasteiger partial charge in [-0.1, -0.05) is 104 Å². The third-order valence-corrected chi connectivity index (χ3v) is 14.2. The Labute approximate surface area is 322 Å². The van der Waals surface area contributed by atoms with Crippen LogP contribution in [0.5, 0.6) is 0 Å². The molecule has 0 unspecified atom stereocenters. The lowest BCUT2D eigenvalue weighted by Crippen LogP contribution is -2.61. The summed E-state index contributed by atoms with van der Waals surface area (Å²) in [6.07, 6.45) is 4.70. The molecule has 0 spiro atoms. The molecular formula is C50H53BN2O. The fourth-order valence-corrected chi connectivity index (χ4v) is 10.8. The minimum absolute atomic E-state index is 0.0571. The highest BCUT2D eigenvalue weighted by Crippen LogP contribution is 2.53. The van der Waals surface area contributed by atoms with Gasteiger partial charge < -0.3 is 14.2 Å². The first-order valence-corrected chi connectivity index (χ1v) is 20.2. The van der Waals surface area contributed by atoms with E-state index in [4.69, 9.17) is 4.42 Å². The number of hydrogen-bond acceptors (Lipinski definition) is 3. The van der Waals surface area contributed by atoms with Gasteiger partial charge in [-0.25, -0.2) is 0 Å². The van der Waals surface area contributed by atoms with E-state index in [1.165, 1.54) is 104 Å². The first-order chi connectivity index (χ1) is 25.6. The smallest absolute Gasteiger partial charge is 0.297 e. The molecule has 54 heavy (non-hydrogen) atoms. The number of rotatable bonds is 2. The van der Waals surface area contributed by atoms with Crippen LogP contribution in [-0.4, -0.2) is 6.71 Å². The van der Waals surface area contributed by atoms with E-state index in [9.17, 15) is 0 Å². The number of benzene rings is 5. The summed E-state index contributed by atoms with van der Waals surface area (Å²) in [4.78, 5) is 5.12. The highest BCUT2D eigenvalue weighted by molar-refractivity contribution is 7.00. The van der Waals surface area contributed by atoms with Crippen molar-refractivity contribution >= 4 is 68.4 Å². The molecule has 10 rings (SSSR count). The lowest BCUT2D eigenvalue weighted by molar-refractivity contribution is 0.332. The number of furan rings is 1. The van der Waals surface area contributed by atoms with E-state index >= 15 is 0 Å². The van der Waals surface area contributed by atoms with Crippen LogP contribution >= 0.6 is 0 Å². The maximum Gasteiger partial charge on any atom is 0.297 e. The van der Waals surface area contributed by atoms with Crippen molar-refractivity contribution in [3.8, 4) is 0 Å². The van der Waals surface area contributed by atoms with E-state index in [2.05, 4.69) is 170 Å². The van der Waals surface area contributed by atoms with Crippen LogP contribution in [-0.2, 0) is 21.7 Å². The van der Waals surface area contributed by atoms with E-state index in [-0.39, 0.29) is 28.4 Å². The van der Waals surface area contributed by atoms with Gasteiger partial charge in [-0.2, -0.15) is 0 Å². The van der Waals surface area contributed by atoms with Gasteiger partial charge >= 0.3 is 0 Å². The molecule has 0 atom stereocenters. The Balaban J connectivity index is 1.36. The quantitative estimate of drug-likeness (QED) is 0.167. The molecule has 0 fully saturated rings. The lowest BCUT2D eigenvalue weighted by Gasteiger charge is -2.46. The van der Waals surface area contributed by atoms with Crippen LogP contribution in [0.2, 0.25) is 0 Å². The van der Waals surface area contributed by atoms with Crippen molar-refractivity contribution < 1.29 is 4.42 Å². The lowest BCUT2D eigenvalue weighted by atomic mass is 9.35. The molecule has 4 heteroatoms. The fourth-order valence-electron chi connectivity index (χ4n) is 10.8. The molecule has 272 valence electrons. The molecule has 3 heterocycles. The SMILES string of the molecule is Cc1cccc(C)c1N1c2cc3c(cc2B2c4oc5cc6c(cc5c4N(c4ccccc4)c4cccc1c42)C(C)(C)CCC6(C)C)C(C)(C)CCC3(C)C. The molecule has 2 aliphatic carbocycles. The van der Waals surface area contributed by atoms with Crippen LogP contribution in [0.4, 0.5) is 34.1 Å². The number of hydrogen-bond donors (Lipinski definition) is 0. The summed E-state index contributed by atoms with van der Waals surface area (Å²) in [5.74, 6) is 0. The Morgan fingerprint density at radius 1 is 0.519 bits per heavy atom. The van der Waals surface area contributed by atoms with Crippen molar-refractivity contribution in [2.45, 2.75) is 117 Å². The number of aryl methyl sites for hydroxylation is 2. The zero-order chi connectivity index (χ0) is 37.7. The van der Waals surface area contributed by atoms with Gasteiger partial charge in [-0.15, -0.1) is 0 Å². The predicted octanol–water partition coefficient (Wildman–Crippen LogP) is 11.8. The standard InChI is InChI=1S/C50H53BN2O/c1-30-16-14-17-31(2)44(30)53-40-21-15-20-39-43(40)51(38-27-35-36(28-41(38)53)49(7,8)24-23-48(35,5)6)46-45(52(39)32-18-12-11-13-19-32)33-26-34-37(29-42(33)54-46)50(9,10)25-22-47(34,3)4/h11-21,26-29H,22-25H2,1-10H3. The Morgan fingerprint density at radius 3 is 1.65 bits per heavy atom. The minimum atomic E-state index is -0.0571. The normalized spacial score (nSPS) is 19.5. The summed E-state index contributed by atoms with van der Waals surface area (Å²) in [5, 5.41) is 1.22. The monoisotopic (exact) mass is 708 g/mol. The maximum absolute atomic E-state index is 7.44. The second-order valence-corrected chi connectivity index (χ2v) is 19.6. The Morgan fingerprint density at radius 2 is 1.04 bits per heavy atom. The van der Waals surface area contributed by atoms with Crippen LogP contribution in [0.25, 0.3) is 11.0 Å². The molecule has 0 bridgehead atoms. The van der Waals surface area contributed by atoms with E-state index in [0.717, 1.165) is 16.9 Å². The van der Waals surface area contributed by atoms with Crippen LogP contribution < -0.4 is 26.4 Å². The summed E-state index contributed by atoms with van der Waals surface area (Å²) in [5.41, 5.74) is 20.9. The summed E-state index contributed by atoms with van der Waals surface area (Å²) in [7, 11) is 0. The first kappa shape index (κ1) is 33.8. The van der Waals surface area contributed by atoms with E-state index in [0.29, 0.717) is 0 Å². The number of fused-ring (bicyclic) bond motifs is 8. The van der Waals surface area contributed by atoms with Gasteiger partial charge in [0.15, 0.2) is 0 Å². The zero-order valence-electron chi connectivity index (χ0n) is 33.9. The molecule has 5 aromatic carbocycles. The summed E-state index contributed by atoms with van der Waals surface area (Å²) in [6.45, 7) is 24.0. The Kier molecular flexibility index (Phi) is 6.87. The van der Waals surface area contributed by atoms with Crippen molar-refractivity contribution in [1.82, 2.24) is 0 Å². The van der Waals surface area contributed by atoms with E-state index in [1.807, 2.05) is 0 Å². The zero-order valence-corrected chi connectivity index (χ0v) is 33.9. The number of nitrogens with zero attached hydrogens (tertiary/aromatic N) is 2. The average Bonchev–Trinajstić information content (AvgIpc) is 3.50. The largest absolute Gasteiger partial charge is 0.468 e. The molecule has 1 aromatic heterocycles. The molecule has 0 N–H and O–H groups in total. The van der Waals surface area contributed by atoms with Gasteiger partial charge in [-0.3, -0.25) is 0 Å². The van der Waals surface area contributed by atoms with Crippen molar-refractivity contribution in [1.29, 1.82) is 0 Å². The molecule has 2 aliphatic heterocycles. The van der Waals surface area contributed by atoms with E-state index < -0.39 is 0 Å². The second kappa shape index (κ2) is 11.0. The highest BCUT2D eigenvalue weighted by atomic mass is 16.3. The Hall–Kier alpha value is -4.70. The molecule has 0 saturated carbocycles. The molecular weight excluding hydrogens is 655 g/mol. The summed E-state index contributed by atoms with van der Waals surface area (Å²) in [6, 6.07) is 34.8. The van der Waals surface area contributed by atoms with Gasteiger partial charge in [0.2, 0.25) is 0 Å². The molecule has 0 radical (unpaired) electrons. The van der Waals surface area contributed by atoms with Gasteiger partial charge in [0.25, 0.3) is 6.71 Å². The van der Waals surface area contributed by atoms with Gasteiger partial charge in [-0.05, 0) is 148 Å². The fraction of sp³-hybridized carbons (Fsp3) is 0.360. The van der Waals surface area contributed by atoms with Crippen LogP contribution in [0, 0.1) is 13.8 Å². The molecule has 3 nitrogen and oxygen atoms in total. The third kappa shape index (κ3) is 4.55. The number of anilines is 6. The summed E-state index contributed by atoms with van der Waals surface area (Å²) < 4.78 is 7.44. The second-order valence-electron chi connectivity index (χ2n) is 19.6. The van der Waals surface area contributed by atoms with Crippen molar-refractivity contribution in [3.05, 3.63) is 124 Å². The molecule has 6 aromatic rings. The third-order valence-electron chi connectivity index (χ3n) is 14.2. The van der Waals surface area contributed by atoms with Crippen LogP contribution in [0.3, 0.4) is 0 Å². The topological polar surface area (TPSA) is 19.6 Å². The minimum Gasteiger partial charge on any atom is -0.468 e. The number of para-hydroxylation sites is 2. The van der Waals surface area contributed by atoms with Crippen LogP contribution in [0.15, 0.2) is 95.4 Å². The van der Waals surface area contributed by atoms with Crippen LogP contribution in [0.1, 0.15) is 114 Å². The van der Waals surface area contributed by atoms with E-state index in [1.54, 1.807) is 0 Å². The van der Waals surface area contributed by atoms with Crippen molar-refractivity contribution in [3.63, 3.8) is 0 Å². The molecule has 0 saturated heterocycles. The molecule has 0 amide bonds. The van der Waals surface area contributed by atoms with Crippen molar-refractivity contribution in [2.24, 2.45) is 0 Å². The van der Waals surface area contributed by atoms with Gasteiger partial charge in [0.05, 0.1) is 17.0 Å². The summed E-state index contributed by atoms with van der Waals surface area (Å²) >= 11 is 0. The predicted molar refractivity (Wildman–Crippen MR) is 230 cm³/mol. The highest BCUT2D eigenvalue weighted by Gasteiger charge is 2.49. The average molecular weight is 709 g/mol. The van der Waals surface area contributed by atoms with Crippen molar-refractivity contribution in [2.75, 3.05) is 9.80 Å².